The van der Waals surface area contributed by atoms with Crippen LogP contribution in [0.4, 0.5) is 5.69 Å². The van der Waals surface area contributed by atoms with Gasteiger partial charge in [0.25, 0.3) is 5.69 Å². The van der Waals surface area contributed by atoms with Gasteiger partial charge < -0.3 is 4.42 Å². The number of nitrogens with one attached hydrogen (secondary N) is 2. The lowest BCUT2D eigenvalue weighted by molar-refractivity contribution is -0.384. The molecule has 3 aromatic rings. The first-order chi connectivity index (χ1) is 11.0. The summed E-state index contributed by atoms with van der Waals surface area (Å²) >= 11 is 1.25. The number of nitro benzene ring substituents is 1. The summed E-state index contributed by atoms with van der Waals surface area (Å²) < 4.78 is 5.57. The number of aromatic nitrogens is 5. The number of aromatic amines is 2. The van der Waals surface area contributed by atoms with Crippen molar-refractivity contribution in [1.82, 2.24) is 25.4 Å². The molecule has 0 saturated heterocycles. The summed E-state index contributed by atoms with van der Waals surface area (Å²) in [7, 11) is 0. The van der Waals surface area contributed by atoms with Gasteiger partial charge in [0, 0.05) is 17.7 Å². The van der Waals surface area contributed by atoms with Crippen LogP contribution in [0, 0.1) is 10.1 Å². The lowest BCUT2D eigenvalue weighted by Gasteiger charge is -2.02. The van der Waals surface area contributed by atoms with Crippen molar-refractivity contribution in [3.8, 4) is 11.5 Å². The van der Waals surface area contributed by atoms with Crippen molar-refractivity contribution in [3.05, 3.63) is 50.8 Å². The normalized spacial score (nSPS) is 12.2. The van der Waals surface area contributed by atoms with Crippen molar-refractivity contribution >= 4 is 17.4 Å². The van der Waals surface area contributed by atoms with Crippen molar-refractivity contribution in [3.63, 3.8) is 0 Å². The van der Waals surface area contributed by atoms with E-state index in [2.05, 4.69) is 25.4 Å². The van der Waals surface area contributed by atoms with Crippen LogP contribution in [0.5, 0.6) is 0 Å². The monoisotopic (exact) mass is 334 g/mol. The highest BCUT2D eigenvalue weighted by atomic mass is 32.2. The third-order valence-electron chi connectivity index (χ3n) is 2.88. The molecule has 0 unspecified atom stereocenters. The maximum Gasteiger partial charge on any atom is 0.341 e. The average molecular weight is 334 g/mol. The van der Waals surface area contributed by atoms with Gasteiger partial charge in [-0.1, -0.05) is 11.8 Å². The van der Waals surface area contributed by atoms with Crippen molar-refractivity contribution in [2.24, 2.45) is 0 Å². The highest BCUT2D eigenvalue weighted by molar-refractivity contribution is 7.99. The first-order valence-corrected chi connectivity index (χ1v) is 7.30. The molecule has 0 saturated carbocycles. The molecule has 3 rings (SSSR count). The van der Waals surface area contributed by atoms with E-state index in [1.54, 1.807) is 12.1 Å². The van der Waals surface area contributed by atoms with Crippen LogP contribution in [-0.2, 0) is 0 Å². The molecule has 10 nitrogen and oxygen atoms in total. The van der Waals surface area contributed by atoms with Crippen molar-refractivity contribution in [2.75, 3.05) is 0 Å². The fourth-order valence-corrected chi connectivity index (χ4v) is 2.55. The SMILES string of the molecule is C[C@@H](Sc1n[nH]c(=O)[nH]1)c1nnc(-c2ccc([N+](=O)[O-])cc2)o1. The van der Waals surface area contributed by atoms with Crippen molar-refractivity contribution < 1.29 is 9.34 Å². The number of hydrogen-bond acceptors (Lipinski definition) is 8. The first kappa shape index (κ1) is 15.0. The largest absolute Gasteiger partial charge is 0.419 e. The number of thioether (sulfide) groups is 1. The van der Waals surface area contributed by atoms with Gasteiger partial charge in [-0.2, -0.15) is 0 Å². The fourth-order valence-electron chi connectivity index (χ4n) is 1.77. The van der Waals surface area contributed by atoms with Gasteiger partial charge in [0.05, 0.1) is 10.2 Å². The van der Waals surface area contributed by atoms with E-state index in [1.807, 2.05) is 6.92 Å². The highest BCUT2D eigenvalue weighted by Gasteiger charge is 2.18. The van der Waals surface area contributed by atoms with E-state index < -0.39 is 10.6 Å². The Morgan fingerprint density at radius 1 is 1.30 bits per heavy atom. The van der Waals surface area contributed by atoms with E-state index in [0.717, 1.165) is 0 Å². The highest BCUT2D eigenvalue weighted by Crippen LogP contribution is 2.32. The average Bonchev–Trinajstić information content (AvgIpc) is 3.16. The molecule has 0 aliphatic heterocycles. The first-order valence-electron chi connectivity index (χ1n) is 6.42. The maximum absolute atomic E-state index is 11.0. The standard InChI is InChI=1S/C12H10N6O4S/c1-6(23-12-13-11(19)16-17-12)9-14-15-10(22-9)7-2-4-8(5-3-7)18(20)21/h2-6H,1H3,(H2,13,16,17,19)/t6-/m1/s1. The Kier molecular flexibility index (Phi) is 3.93. The van der Waals surface area contributed by atoms with E-state index in [-0.39, 0.29) is 16.8 Å². The number of H-pyrrole nitrogens is 2. The summed E-state index contributed by atoms with van der Waals surface area (Å²) in [5.41, 5.74) is 0.177. The second-order valence-corrected chi connectivity index (χ2v) is 5.82. The maximum atomic E-state index is 11.0. The van der Waals surface area contributed by atoms with Crippen molar-refractivity contribution in [1.29, 1.82) is 0 Å². The zero-order valence-corrected chi connectivity index (χ0v) is 12.5. The summed E-state index contributed by atoms with van der Waals surface area (Å²) in [4.78, 5) is 23.7. The molecular weight excluding hydrogens is 324 g/mol. The molecule has 2 heterocycles. The minimum atomic E-state index is -0.480. The molecule has 0 fully saturated rings. The summed E-state index contributed by atoms with van der Waals surface area (Å²) in [6.45, 7) is 1.82. The Bertz CT molecular complexity index is 883. The van der Waals surface area contributed by atoms with Crippen LogP contribution in [0.2, 0.25) is 0 Å². The van der Waals surface area contributed by atoms with Crippen LogP contribution in [0.15, 0.2) is 38.6 Å². The molecule has 2 aromatic heterocycles. The third-order valence-corrected chi connectivity index (χ3v) is 3.85. The molecule has 1 atom stereocenters. The summed E-state index contributed by atoms with van der Waals surface area (Å²) in [5, 5.41) is 24.8. The topological polar surface area (TPSA) is 144 Å². The minimum absolute atomic E-state index is 0.0140. The van der Waals surface area contributed by atoms with Gasteiger partial charge in [-0.15, -0.1) is 15.3 Å². The van der Waals surface area contributed by atoms with Gasteiger partial charge >= 0.3 is 5.69 Å². The van der Waals surface area contributed by atoms with Crippen LogP contribution >= 0.6 is 11.8 Å². The molecular formula is C12H10N6O4S. The van der Waals surface area contributed by atoms with Gasteiger partial charge in [0.15, 0.2) is 5.16 Å². The Hall–Kier alpha value is -2.95. The van der Waals surface area contributed by atoms with Crippen LogP contribution in [0.1, 0.15) is 18.1 Å². The third kappa shape index (κ3) is 3.29. The molecule has 23 heavy (non-hydrogen) atoms. The van der Waals surface area contributed by atoms with Gasteiger partial charge in [-0.25, -0.2) is 9.89 Å². The molecule has 1 aromatic carbocycles. The number of nitrogens with zero attached hydrogens (tertiary/aromatic N) is 4. The molecule has 0 bridgehead atoms. The van der Waals surface area contributed by atoms with E-state index in [1.165, 1.54) is 23.9 Å². The summed E-state index contributed by atoms with van der Waals surface area (Å²) in [5.74, 6) is 0.616. The van der Waals surface area contributed by atoms with E-state index in [9.17, 15) is 14.9 Å². The van der Waals surface area contributed by atoms with E-state index >= 15 is 0 Å². The van der Waals surface area contributed by atoms with E-state index in [4.69, 9.17) is 4.42 Å². The number of nitro groups is 1. The zero-order valence-electron chi connectivity index (χ0n) is 11.7. The Morgan fingerprint density at radius 2 is 2.04 bits per heavy atom. The zero-order chi connectivity index (χ0) is 16.4. The van der Waals surface area contributed by atoms with Crippen LogP contribution in [0.3, 0.4) is 0 Å². The van der Waals surface area contributed by atoms with Crippen LogP contribution < -0.4 is 5.69 Å². The number of hydrogen-bond donors (Lipinski definition) is 2. The summed E-state index contributed by atoms with van der Waals surface area (Å²) in [6.07, 6.45) is 0. The molecule has 11 heteroatoms. The van der Waals surface area contributed by atoms with Gasteiger partial charge in [-0.3, -0.25) is 15.1 Å². The fraction of sp³-hybridized carbons (Fsp3) is 0.167. The second-order valence-electron chi connectivity index (χ2n) is 4.49. The van der Waals surface area contributed by atoms with Crippen LogP contribution in [-0.4, -0.2) is 30.3 Å². The predicted octanol–water partition coefficient (Wildman–Crippen LogP) is 1.91. The molecule has 0 amide bonds. The molecule has 118 valence electrons. The lowest BCUT2D eigenvalue weighted by Crippen LogP contribution is -2.00. The number of non-ortho nitro benzene ring substituents is 1. The smallest absolute Gasteiger partial charge is 0.341 e. The number of rotatable bonds is 5. The predicted molar refractivity (Wildman–Crippen MR) is 79.9 cm³/mol. The number of benzene rings is 1. The quantitative estimate of drug-likeness (QED) is 0.409. The Balaban J connectivity index is 1.76. The molecule has 0 aliphatic rings. The Labute approximate surface area is 132 Å². The molecule has 0 spiro atoms. The van der Waals surface area contributed by atoms with E-state index in [0.29, 0.717) is 16.6 Å². The van der Waals surface area contributed by atoms with Crippen LogP contribution in [0.25, 0.3) is 11.5 Å². The second kappa shape index (κ2) is 6.04. The van der Waals surface area contributed by atoms with Crippen molar-refractivity contribution in [2.45, 2.75) is 17.3 Å². The molecule has 0 aliphatic carbocycles. The van der Waals surface area contributed by atoms with Gasteiger partial charge in [-0.05, 0) is 19.1 Å². The minimum Gasteiger partial charge on any atom is -0.419 e. The molecule has 0 radical (unpaired) electrons. The van der Waals surface area contributed by atoms with Gasteiger partial charge in [0.1, 0.15) is 0 Å². The van der Waals surface area contributed by atoms with Gasteiger partial charge in [0.2, 0.25) is 11.8 Å². The molecule has 2 N–H and O–H groups in total. The lowest BCUT2D eigenvalue weighted by atomic mass is 10.2. The Morgan fingerprint density at radius 3 is 2.65 bits per heavy atom. The summed E-state index contributed by atoms with van der Waals surface area (Å²) in [6, 6.07) is 5.81.